The number of hydrogen-bond donors (Lipinski definition) is 2. The molecule has 1 aromatic carbocycles. The summed E-state index contributed by atoms with van der Waals surface area (Å²) in [4.78, 5) is 41.6. The Morgan fingerprint density at radius 3 is 2.52 bits per heavy atom. The summed E-state index contributed by atoms with van der Waals surface area (Å²) in [5.74, 6) is -2.97. The van der Waals surface area contributed by atoms with E-state index in [1.54, 1.807) is 6.92 Å². The van der Waals surface area contributed by atoms with Crippen LogP contribution in [0.3, 0.4) is 0 Å². The highest BCUT2D eigenvalue weighted by molar-refractivity contribution is 5.96. The van der Waals surface area contributed by atoms with Crippen LogP contribution in [-0.2, 0) is 19.1 Å². The molecular formula is C26H36N2O5. The molecule has 1 fully saturated rings. The van der Waals surface area contributed by atoms with Crippen molar-refractivity contribution in [2.75, 3.05) is 19.8 Å². The summed E-state index contributed by atoms with van der Waals surface area (Å²) in [7, 11) is 0. The largest absolute Gasteiger partial charge is 0.466 e. The number of carbonyl (C=O) groups is 3. The van der Waals surface area contributed by atoms with Gasteiger partial charge in [-0.1, -0.05) is 69.2 Å². The Morgan fingerprint density at radius 1 is 1.15 bits per heavy atom. The highest BCUT2D eigenvalue weighted by Crippen LogP contribution is 2.47. The van der Waals surface area contributed by atoms with Crippen LogP contribution in [0.1, 0.15) is 51.6 Å². The van der Waals surface area contributed by atoms with Gasteiger partial charge in [-0.3, -0.25) is 14.4 Å². The molecular weight excluding hydrogens is 420 g/mol. The lowest BCUT2D eigenvalue weighted by Crippen LogP contribution is -2.49. The average Bonchev–Trinajstić information content (AvgIpc) is 3.10. The van der Waals surface area contributed by atoms with Crippen LogP contribution in [0.2, 0.25) is 0 Å². The minimum absolute atomic E-state index is 0.188. The first-order valence-corrected chi connectivity index (χ1v) is 12.1. The van der Waals surface area contributed by atoms with Gasteiger partial charge >= 0.3 is 5.97 Å². The van der Waals surface area contributed by atoms with Crippen molar-refractivity contribution in [3.8, 4) is 0 Å². The number of aliphatic hydroxyl groups excluding tert-OH is 1. The van der Waals surface area contributed by atoms with Crippen molar-refractivity contribution < 1.29 is 24.2 Å². The normalized spacial score (nSPS) is 27.2. The first-order valence-electron chi connectivity index (χ1n) is 12.1. The molecule has 1 aliphatic carbocycles. The van der Waals surface area contributed by atoms with E-state index in [0.29, 0.717) is 6.54 Å². The van der Waals surface area contributed by atoms with Crippen molar-refractivity contribution in [3.05, 3.63) is 48.0 Å². The fourth-order valence-corrected chi connectivity index (χ4v) is 5.19. The number of ether oxygens (including phenoxy) is 1. The first kappa shape index (κ1) is 25.0. The van der Waals surface area contributed by atoms with Gasteiger partial charge in [0.25, 0.3) is 0 Å². The van der Waals surface area contributed by atoms with E-state index in [1.165, 1.54) is 4.90 Å². The molecule has 1 aliphatic heterocycles. The molecule has 1 heterocycles. The molecule has 2 amide bonds. The molecule has 33 heavy (non-hydrogen) atoms. The SMILES string of the molecule is CCCCCNC(=O)[C@@H]1[C@H]2C=C[C@@H](C)[C@@H](C(=O)OCC)[C@@H]2C(=O)N1[C@H](CO)c1ccccc1. The molecule has 2 aliphatic rings. The van der Waals surface area contributed by atoms with E-state index in [4.69, 9.17) is 4.74 Å². The predicted octanol–water partition coefficient (Wildman–Crippen LogP) is 2.85. The smallest absolute Gasteiger partial charge is 0.310 e. The molecule has 3 rings (SSSR count). The summed E-state index contributed by atoms with van der Waals surface area (Å²) in [5, 5.41) is 13.3. The highest BCUT2D eigenvalue weighted by atomic mass is 16.5. The first-order chi connectivity index (χ1) is 16.0. The number of esters is 1. The van der Waals surface area contributed by atoms with Gasteiger partial charge in [-0.05, 0) is 24.8 Å². The zero-order valence-electron chi connectivity index (χ0n) is 19.8. The van der Waals surface area contributed by atoms with Crippen molar-refractivity contribution in [3.63, 3.8) is 0 Å². The maximum Gasteiger partial charge on any atom is 0.310 e. The standard InChI is InChI=1S/C26H36N2O5/c1-4-6-10-15-27-24(30)23-19-14-13-17(3)21(26(32)33-5-2)22(19)25(31)28(23)20(16-29)18-11-8-7-9-12-18/h7-9,11-14,17,19-23,29H,4-6,10,15-16H2,1-3H3,(H,27,30)/t17-,19+,20-,21-,22-,23+/m1/s1. The van der Waals surface area contributed by atoms with Gasteiger partial charge in [-0.15, -0.1) is 0 Å². The number of unbranched alkanes of at least 4 members (excludes halogenated alkanes) is 2. The molecule has 0 saturated carbocycles. The summed E-state index contributed by atoms with van der Waals surface area (Å²) in [6, 6.07) is 7.75. The van der Waals surface area contributed by atoms with Gasteiger partial charge < -0.3 is 20.1 Å². The Kier molecular flexibility index (Phi) is 8.67. The van der Waals surface area contributed by atoms with E-state index in [1.807, 2.05) is 49.4 Å². The fourth-order valence-electron chi connectivity index (χ4n) is 5.19. The lowest BCUT2D eigenvalue weighted by Gasteiger charge is -2.33. The van der Waals surface area contributed by atoms with Gasteiger partial charge in [0, 0.05) is 12.5 Å². The van der Waals surface area contributed by atoms with Gasteiger partial charge in [-0.25, -0.2) is 0 Å². The fraction of sp³-hybridized carbons (Fsp3) is 0.577. The molecule has 1 aromatic rings. The quantitative estimate of drug-likeness (QED) is 0.321. The molecule has 1 saturated heterocycles. The summed E-state index contributed by atoms with van der Waals surface area (Å²) >= 11 is 0. The third kappa shape index (κ3) is 5.13. The molecule has 2 N–H and O–H groups in total. The summed E-state index contributed by atoms with van der Waals surface area (Å²) in [6.07, 6.45) is 6.71. The number of allylic oxidation sites excluding steroid dienone is 1. The molecule has 0 radical (unpaired) electrons. The third-order valence-electron chi connectivity index (χ3n) is 6.81. The Hall–Kier alpha value is -2.67. The summed E-state index contributed by atoms with van der Waals surface area (Å²) in [5.41, 5.74) is 0.750. The summed E-state index contributed by atoms with van der Waals surface area (Å²) in [6.45, 7) is 6.16. The van der Waals surface area contributed by atoms with Gasteiger partial charge in [0.05, 0.1) is 31.1 Å². The van der Waals surface area contributed by atoms with Crippen molar-refractivity contribution in [2.24, 2.45) is 23.7 Å². The maximum absolute atomic E-state index is 13.9. The third-order valence-corrected chi connectivity index (χ3v) is 6.81. The number of benzene rings is 1. The summed E-state index contributed by atoms with van der Waals surface area (Å²) < 4.78 is 5.31. The molecule has 7 nitrogen and oxygen atoms in total. The van der Waals surface area contributed by atoms with Crippen LogP contribution in [0.5, 0.6) is 0 Å². The van der Waals surface area contributed by atoms with Gasteiger partial charge in [-0.2, -0.15) is 0 Å². The van der Waals surface area contributed by atoms with Crippen molar-refractivity contribution in [1.82, 2.24) is 10.2 Å². The number of nitrogens with one attached hydrogen (secondary N) is 1. The van der Waals surface area contributed by atoms with E-state index >= 15 is 0 Å². The van der Waals surface area contributed by atoms with E-state index in [9.17, 15) is 19.5 Å². The van der Waals surface area contributed by atoms with Crippen LogP contribution < -0.4 is 5.32 Å². The minimum Gasteiger partial charge on any atom is -0.466 e. The monoisotopic (exact) mass is 456 g/mol. The van der Waals surface area contributed by atoms with E-state index < -0.39 is 35.8 Å². The van der Waals surface area contributed by atoms with Crippen LogP contribution in [0.4, 0.5) is 0 Å². The second-order valence-electron chi connectivity index (χ2n) is 8.92. The number of likely N-dealkylation sites (tertiary alicyclic amines) is 1. The van der Waals surface area contributed by atoms with E-state index in [2.05, 4.69) is 12.2 Å². The number of rotatable bonds is 10. The van der Waals surface area contributed by atoms with Crippen molar-refractivity contribution in [1.29, 1.82) is 0 Å². The Morgan fingerprint density at radius 2 is 1.88 bits per heavy atom. The van der Waals surface area contributed by atoms with Crippen molar-refractivity contribution >= 4 is 17.8 Å². The number of hydrogen-bond acceptors (Lipinski definition) is 5. The molecule has 0 unspecified atom stereocenters. The van der Waals surface area contributed by atoms with E-state index in [-0.39, 0.29) is 30.9 Å². The zero-order valence-corrected chi connectivity index (χ0v) is 19.8. The van der Waals surface area contributed by atoms with Crippen LogP contribution in [0.15, 0.2) is 42.5 Å². The van der Waals surface area contributed by atoms with Gasteiger partial charge in [0.2, 0.25) is 11.8 Å². The average molecular weight is 457 g/mol. The maximum atomic E-state index is 13.9. The molecule has 0 aromatic heterocycles. The molecule has 7 heteroatoms. The number of carbonyl (C=O) groups excluding carboxylic acids is 3. The van der Waals surface area contributed by atoms with Crippen LogP contribution in [0.25, 0.3) is 0 Å². The number of fused-ring (bicyclic) bond motifs is 1. The van der Waals surface area contributed by atoms with E-state index in [0.717, 1.165) is 24.8 Å². The van der Waals surface area contributed by atoms with Crippen molar-refractivity contribution in [2.45, 2.75) is 52.1 Å². The number of aliphatic hydroxyl groups is 1. The highest BCUT2D eigenvalue weighted by Gasteiger charge is 2.58. The van der Waals surface area contributed by atoms with Crippen LogP contribution in [-0.4, -0.2) is 53.6 Å². The van der Waals surface area contributed by atoms with Crippen LogP contribution >= 0.6 is 0 Å². The second-order valence-corrected chi connectivity index (χ2v) is 8.92. The lowest BCUT2D eigenvalue weighted by molar-refractivity contribution is -0.155. The van der Waals surface area contributed by atoms with Crippen LogP contribution in [0, 0.1) is 23.7 Å². The minimum atomic E-state index is -0.804. The zero-order chi connectivity index (χ0) is 24.0. The lowest BCUT2D eigenvalue weighted by atomic mass is 9.70. The second kappa shape index (κ2) is 11.5. The van der Waals surface area contributed by atoms with Gasteiger partial charge in [0.15, 0.2) is 0 Å². The predicted molar refractivity (Wildman–Crippen MR) is 125 cm³/mol. The Balaban J connectivity index is 2.00. The Labute approximate surface area is 196 Å². The number of nitrogens with zero attached hydrogens (tertiary/aromatic N) is 1. The number of amides is 2. The topological polar surface area (TPSA) is 95.9 Å². The molecule has 6 atom stereocenters. The molecule has 0 spiro atoms. The Bertz CT molecular complexity index is 855. The van der Waals surface area contributed by atoms with Gasteiger partial charge in [0.1, 0.15) is 6.04 Å². The molecule has 0 bridgehead atoms. The molecule has 180 valence electrons.